The Morgan fingerprint density at radius 2 is 0.684 bits per heavy atom. The summed E-state index contributed by atoms with van der Waals surface area (Å²) in [6.07, 6.45) is 0. The zero-order valence-corrected chi connectivity index (χ0v) is 31.3. The maximum Gasteiger partial charge on any atom is 0.0546 e. The number of rotatable bonds is 6. The topological polar surface area (TPSA) is 3.24 Å². The number of benzene rings is 11. The Hall–Kier alpha value is -7.48. The molecule has 0 atom stereocenters. The Labute approximate surface area is 332 Å². The molecule has 0 bridgehead atoms. The summed E-state index contributed by atoms with van der Waals surface area (Å²) < 4.78 is 0. The molecule has 1 nitrogen and oxygen atoms in total. The van der Waals surface area contributed by atoms with Crippen molar-refractivity contribution in [2.75, 3.05) is 4.90 Å². The van der Waals surface area contributed by atoms with Crippen LogP contribution in [0.1, 0.15) is 0 Å². The van der Waals surface area contributed by atoms with Crippen molar-refractivity contribution in [3.63, 3.8) is 0 Å². The third-order valence-corrected chi connectivity index (χ3v) is 11.6. The van der Waals surface area contributed by atoms with Gasteiger partial charge in [0.05, 0.1) is 5.69 Å². The van der Waals surface area contributed by atoms with Crippen LogP contribution in [-0.2, 0) is 0 Å². The predicted octanol–water partition coefficient (Wildman–Crippen LogP) is 15.9. The monoisotopic (exact) mass is 723 g/mol. The second-order valence-corrected chi connectivity index (χ2v) is 14.9. The van der Waals surface area contributed by atoms with Crippen LogP contribution in [0.15, 0.2) is 224 Å². The summed E-state index contributed by atoms with van der Waals surface area (Å²) in [5.41, 5.74) is 10.4. The highest BCUT2D eigenvalue weighted by atomic mass is 15.1. The van der Waals surface area contributed by atoms with Crippen molar-refractivity contribution in [1.82, 2.24) is 0 Å². The molecule has 266 valence electrons. The standard InChI is InChI=1S/C56H37N/c1-3-11-38(12-4-1)45-26-32-52(40-13-5-2-6-14-40)56(36-45)57(48-30-23-43-20-19-41-15-8-10-18-50(41)55(43)37-48)47-28-21-39(22-29-47)44-25-31-51-46(35-44)27-34-53-49-17-9-7-16-42(49)24-33-54(51)53/h1-37H. The number of anilines is 3. The van der Waals surface area contributed by atoms with Gasteiger partial charge in [-0.1, -0.05) is 188 Å². The summed E-state index contributed by atoms with van der Waals surface area (Å²) in [6, 6.07) is 82.1. The molecule has 0 radical (unpaired) electrons. The molecule has 0 aliphatic rings. The van der Waals surface area contributed by atoms with Crippen LogP contribution in [0.4, 0.5) is 17.1 Å². The van der Waals surface area contributed by atoms with Crippen molar-refractivity contribution in [1.29, 1.82) is 0 Å². The first-order chi connectivity index (χ1) is 28.2. The van der Waals surface area contributed by atoms with E-state index in [-0.39, 0.29) is 0 Å². The minimum atomic E-state index is 1.10. The van der Waals surface area contributed by atoms with Gasteiger partial charge < -0.3 is 4.90 Å². The van der Waals surface area contributed by atoms with Crippen LogP contribution in [0, 0.1) is 0 Å². The second-order valence-electron chi connectivity index (χ2n) is 14.9. The molecule has 0 aliphatic carbocycles. The van der Waals surface area contributed by atoms with Crippen LogP contribution < -0.4 is 4.90 Å². The zero-order chi connectivity index (χ0) is 37.7. The van der Waals surface area contributed by atoms with Crippen LogP contribution in [0.2, 0.25) is 0 Å². The molecule has 0 N–H and O–H groups in total. The number of fused-ring (bicyclic) bond motifs is 8. The molecule has 0 saturated heterocycles. The lowest BCUT2D eigenvalue weighted by Gasteiger charge is -2.29. The molecule has 0 spiro atoms. The lowest BCUT2D eigenvalue weighted by Crippen LogP contribution is -2.11. The third kappa shape index (κ3) is 5.80. The molecule has 0 saturated carbocycles. The van der Waals surface area contributed by atoms with Gasteiger partial charge in [-0.15, -0.1) is 0 Å². The molecule has 0 fully saturated rings. The van der Waals surface area contributed by atoms with Crippen LogP contribution >= 0.6 is 0 Å². The van der Waals surface area contributed by atoms with E-state index in [1.165, 1.54) is 87.2 Å². The molecule has 0 unspecified atom stereocenters. The highest BCUT2D eigenvalue weighted by Gasteiger charge is 2.20. The average Bonchev–Trinajstić information content (AvgIpc) is 3.29. The zero-order valence-electron chi connectivity index (χ0n) is 31.3. The van der Waals surface area contributed by atoms with E-state index in [0.717, 1.165) is 17.1 Å². The molecule has 1 heteroatoms. The Morgan fingerprint density at radius 3 is 1.40 bits per heavy atom. The first-order valence-corrected chi connectivity index (χ1v) is 19.7. The smallest absolute Gasteiger partial charge is 0.0546 e. The summed E-state index contributed by atoms with van der Waals surface area (Å²) in [6.45, 7) is 0. The highest BCUT2D eigenvalue weighted by molar-refractivity contribution is 6.17. The number of nitrogens with zero attached hydrogens (tertiary/aromatic N) is 1. The van der Waals surface area contributed by atoms with Gasteiger partial charge >= 0.3 is 0 Å². The molecule has 57 heavy (non-hydrogen) atoms. The van der Waals surface area contributed by atoms with Crippen molar-refractivity contribution >= 4 is 70.9 Å². The molecule has 0 aromatic heterocycles. The van der Waals surface area contributed by atoms with Crippen LogP contribution in [0.3, 0.4) is 0 Å². The van der Waals surface area contributed by atoms with E-state index in [1.54, 1.807) is 0 Å². The molecule has 11 aromatic rings. The molecule has 0 heterocycles. The predicted molar refractivity (Wildman–Crippen MR) is 245 cm³/mol. The van der Waals surface area contributed by atoms with Crippen molar-refractivity contribution in [3.05, 3.63) is 224 Å². The third-order valence-electron chi connectivity index (χ3n) is 11.6. The van der Waals surface area contributed by atoms with Gasteiger partial charge in [0.2, 0.25) is 0 Å². The van der Waals surface area contributed by atoms with E-state index in [0.29, 0.717) is 0 Å². The summed E-state index contributed by atoms with van der Waals surface area (Å²) in [5, 5.41) is 12.6. The van der Waals surface area contributed by atoms with Gasteiger partial charge in [-0.05, 0) is 118 Å². The van der Waals surface area contributed by atoms with Crippen LogP contribution in [0.25, 0.3) is 87.2 Å². The molecule has 0 amide bonds. The van der Waals surface area contributed by atoms with E-state index < -0.39 is 0 Å². The normalized spacial score (nSPS) is 11.5. The minimum Gasteiger partial charge on any atom is -0.310 e. The van der Waals surface area contributed by atoms with Gasteiger partial charge in [-0.3, -0.25) is 0 Å². The highest BCUT2D eigenvalue weighted by Crippen LogP contribution is 2.45. The van der Waals surface area contributed by atoms with Crippen molar-refractivity contribution in [2.24, 2.45) is 0 Å². The first-order valence-electron chi connectivity index (χ1n) is 19.7. The van der Waals surface area contributed by atoms with Crippen LogP contribution in [0.5, 0.6) is 0 Å². The largest absolute Gasteiger partial charge is 0.310 e. The number of hydrogen-bond acceptors (Lipinski definition) is 1. The molecular weight excluding hydrogens is 687 g/mol. The van der Waals surface area contributed by atoms with E-state index in [2.05, 4.69) is 229 Å². The van der Waals surface area contributed by atoms with Crippen LogP contribution in [-0.4, -0.2) is 0 Å². The fourth-order valence-electron chi connectivity index (χ4n) is 8.76. The van der Waals surface area contributed by atoms with Gasteiger partial charge in [-0.2, -0.15) is 0 Å². The maximum absolute atomic E-state index is 2.44. The minimum absolute atomic E-state index is 1.10. The van der Waals surface area contributed by atoms with Crippen molar-refractivity contribution in [2.45, 2.75) is 0 Å². The Kier molecular flexibility index (Phi) is 7.89. The Balaban J connectivity index is 1.08. The Morgan fingerprint density at radius 1 is 0.228 bits per heavy atom. The fourth-order valence-corrected chi connectivity index (χ4v) is 8.76. The first kappa shape index (κ1) is 32.9. The molecule has 11 rings (SSSR count). The maximum atomic E-state index is 2.44. The summed E-state index contributed by atoms with van der Waals surface area (Å²) in [7, 11) is 0. The lowest BCUT2D eigenvalue weighted by molar-refractivity contribution is 1.29. The average molecular weight is 724 g/mol. The second kappa shape index (κ2) is 13.7. The van der Waals surface area contributed by atoms with Gasteiger partial charge in [0, 0.05) is 16.9 Å². The fraction of sp³-hybridized carbons (Fsp3) is 0. The van der Waals surface area contributed by atoms with Crippen molar-refractivity contribution in [3.8, 4) is 33.4 Å². The SMILES string of the molecule is c1ccc(-c2ccc(-c3ccccc3)c(N(c3ccc(-c4ccc5c(ccc6c7ccccc7ccc56)c4)cc3)c3ccc4ccc5ccccc5c4c3)c2)cc1. The summed E-state index contributed by atoms with van der Waals surface area (Å²) in [5.74, 6) is 0. The van der Waals surface area contributed by atoms with Gasteiger partial charge in [0.15, 0.2) is 0 Å². The van der Waals surface area contributed by atoms with E-state index in [4.69, 9.17) is 0 Å². The number of hydrogen-bond donors (Lipinski definition) is 0. The lowest BCUT2D eigenvalue weighted by atomic mass is 9.94. The Bertz CT molecular complexity index is 3270. The molecular formula is C56H37N. The summed E-state index contributed by atoms with van der Waals surface area (Å²) in [4.78, 5) is 2.44. The van der Waals surface area contributed by atoms with E-state index in [1.807, 2.05) is 0 Å². The van der Waals surface area contributed by atoms with E-state index in [9.17, 15) is 0 Å². The quantitative estimate of drug-likeness (QED) is 0.154. The van der Waals surface area contributed by atoms with Crippen molar-refractivity contribution < 1.29 is 0 Å². The molecule has 11 aromatic carbocycles. The van der Waals surface area contributed by atoms with Gasteiger partial charge in [0.1, 0.15) is 0 Å². The summed E-state index contributed by atoms with van der Waals surface area (Å²) >= 11 is 0. The van der Waals surface area contributed by atoms with Gasteiger partial charge in [0.25, 0.3) is 0 Å². The van der Waals surface area contributed by atoms with Gasteiger partial charge in [-0.25, -0.2) is 0 Å². The molecule has 0 aliphatic heterocycles. The van der Waals surface area contributed by atoms with E-state index >= 15 is 0 Å².